The number of rotatable bonds is 6. The third kappa shape index (κ3) is 5.23. The van der Waals surface area contributed by atoms with Crippen molar-refractivity contribution in [2.24, 2.45) is 5.92 Å². The Morgan fingerprint density at radius 2 is 1.52 bits per heavy atom. The van der Waals surface area contributed by atoms with Gasteiger partial charge in [-0.1, -0.05) is 18.2 Å². The number of aliphatic hydroxyl groups excluding tert-OH is 1. The van der Waals surface area contributed by atoms with Crippen molar-refractivity contribution in [2.75, 3.05) is 6.61 Å². The molecule has 1 aliphatic carbocycles. The second kappa shape index (κ2) is 8.39. The van der Waals surface area contributed by atoms with Crippen LogP contribution in [0.4, 0.5) is 0 Å². The Labute approximate surface area is 150 Å². The Morgan fingerprint density at radius 3 is 2.20 bits per heavy atom. The van der Waals surface area contributed by atoms with Gasteiger partial charge in [-0.15, -0.1) is 0 Å². The van der Waals surface area contributed by atoms with Crippen LogP contribution < -0.4 is 9.47 Å². The van der Waals surface area contributed by atoms with E-state index >= 15 is 0 Å². The van der Waals surface area contributed by atoms with Crippen LogP contribution in [0.5, 0.6) is 11.5 Å². The zero-order valence-electron chi connectivity index (χ0n) is 15.2. The van der Waals surface area contributed by atoms with E-state index in [0.717, 1.165) is 49.4 Å². The van der Waals surface area contributed by atoms with Gasteiger partial charge in [0.15, 0.2) is 0 Å². The predicted molar refractivity (Wildman–Crippen MR) is 100 cm³/mol. The van der Waals surface area contributed by atoms with E-state index in [1.165, 1.54) is 11.1 Å². The van der Waals surface area contributed by atoms with Crippen LogP contribution in [0.2, 0.25) is 0 Å². The Hall–Kier alpha value is -2.00. The molecule has 1 saturated carbocycles. The van der Waals surface area contributed by atoms with E-state index in [0.29, 0.717) is 12.5 Å². The minimum atomic E-state index is -0.104. The van der Waals surface area contributed by atoms with E-state index in [9.17, 15) is 5.11 Å². The lowest BCUT2D eigenvalue weighted by molar-refractivity contribution is 0.0917. The van der Waals surface area contributed by atoms with Crippen molar-refractivity contribution in [3.8, 4) is 11.5 Å². The van der Waals surface area contributed by atoms with Crippen LogP contribution in [0.1, 0.15) is 42.4 Å². The summed E-state index contributed by atoms with van der Waals surface area (Å²) in [5.74, 6) is 2.38. The molecule has 3 heteroatoms. The van der Waals surface area contributed by atoms with E-state index < -0.39 is 0 Å². The SMILES string of the molecule is Cc1ccc(OCc2ccc(OCC3CCC(O)CC3)cc2)cc1C. The Kier molecular flexibility index (Phi) is 5.98. The van der Waals surface area contributed by atoms with E-state index in [1.54, 1.807) is 0 Å². The van der Waals surface area contributed by atoms with Crippen molar-refractivity contribution in [3.05, 3.63) is 59.2 Å². The van der Waals surface area contributed by atoms with Crippen molar-refractivity contribution in [1.82, 2.24) is 0 Å². The van der Waals surface area contributed by atoms with Gasteiger partial charge < -0.3 is 14.6 Å². The molecule has 1 fully saturated rings. The average molecular weight is 340 g/mol. The first-order valence-electron chi connectivity index (χ1n) is 9.20. The van der Waals surface area contributed by atoms with Gasteiger partial charge in [0.2, 0.25) is 0 Å². The standard InChI is InChI=1S/C22H28O3/c1-16-3-10-22(13-17(16)2)25-15-19-6-11-21(12-7-19)24-14-18-4-8-20(23)9-5-18/h3,6-7,10-13,18,20,23H,4-5,8-9,14-15H2,1-2H3. The second-order valence-corrected chi connectivity index (χ2v) is 7.16. The van der Waals surface area contributed by atoms with E-state index in [-0.39, 0.29) is 6.10 Å². The molecule has 0 radical (unpaired) electrons. The summed E-state index contributed by atoms with van der Waals surface area (Å²) in [5, 5.41) is 9.55. The number of ether oxygens (including phenoxy) is 2. The normalized spacial score (nSPS) is 20.3. The van der Waals surface area contributed by atoms with E-state index in [2.05, 4.69) is 38.1 Å². The molecule has 0 aliphatic heterocycles. The first-order valence-corrected chi connectivity index (χ1v) is 9.20. The molecule has 0 unspecified atom stereocenters. The molecule has 0 aromatic heterocycles. The largest absolute Gasteiger partial charge is 0.493 e. The van der Waals surface area contributed by atoms with Crippen LogP contribution in [0.25, 0.3) is 0 Å². The lowest BCUT2D eigenvalue weighted by atomic mass is 9.88. The van der Waals surface area contributed by atoms with Gasteiger partial charge >= 0.3 is 0 Å². The maximum absolute atomic E-state index is 9.55. The van der Waals surface area contributed by atoms with Crippen LogP contribution >= 0.6 is 0 Å². The van der Waals surface area contributed by atoms with Gasteiger partial charge in [-0.25, -0.2) is 0 Å². The molecular formula is C22H28O3. The highest BCUT2D eigenvalue weighted by atomic mass is 16.5. The van der Waals surface area contributed by atoms with Gasteiger partial charge in [0.25, 0.3) is 0 Å². The Bertz CT molecular complexity index is 670. The number of hydrogen-bond acceptors (Lipinski definition) is 3. The summed E-state index contributed by atoms with van der Waals surface area (Å²) in [7, 11) is 0. The highest BCUT2D eigenvalue weighted by molar-refractivity contribution is 5.34. The van der Waals surface area contributed by atoms with Crippen LogP contribution in [0, 0.1) is 19.8 Å². The summed E-state index contributed by atoms with van der Waals surface area (Å²) < 4.78 is 11.8. The summed E-state index contributed by atoms with van der Waals surface area (Å²) in [6, 6.07) is 14.3. The topological polar surface area (TPSA) is 38.7 Å². The highest BCUT2D eigenvalue weighted by Crippen LogP contribution is 2.25. The molecule has 2 aromatic rings. The lowest BCUT2D eigenvalue weighted by Gasteiger charge is -2.25. The van der Waals surface area contributed by atoms with E-state index in [1.807, 2.05) is 18.2 Å². The molecule has 1 aliphatic rings. The Balaban J connectivity index is 1.46. The summed E-state index contributed by atoms with van der Waals surface area (Å²) in [4.78, 5) is 0. The summed E-state index contributed by atoms with van der Waals surface area (Å²) in [5.41, 5.74) is 3.66. The number of aliphatic hydroxyl groups is 1. The zero-order valence-corrected chi connectivity index (χ0v) is 15.2. The van der Waals surface area contributed by atoms with Crippen molar-refractivity contribution in [2.45, 2.75) is 52.2 Å². The molecule has 0 spiro atoms. The molecule has 0 atom stereocenters. The first kappa shape index (κ1) is 17.8. The number of hydrogen-bond donors (Lipinski definition) is 1. The van der Waals surface area contributed by atoms with Crippen LogP contribution in [-0.4, -0.2) is 17.8 Å². The van der Waals surface area contributed by atoms with E-state index in [4.69, 9.17) is 9.47 Å². The van der Waals surface area contributed by atoms with Gasteiger partial charge in [-0.2, -0.15) is 0 Å². The molecule has 0 saturated heterocycles. The summed E-state index contributed by atoms with van der Waals surface area (Å²) >= 11 is 0. The van der Waals surface area contributed by atoms with Gasteiger partial charge in [0.1, 0.15) is 18.1 Å². The molecule has 3 nitrogen and oxygen atoms in total. The molecule has 1 N–H and O–H groups in total. The van der Waals surface area contributed by atoms with Crippen molar-refractivity contribution < 1.29 is 14.6 Å². The smallest absolute Gasteiger partial charge is 0.120 e. The third-order valence-corrected chi connectivity index (χ3v) is 5.11. The van der Waals surface area contributed by atoms with Crippen molar-refractivity contribution >= 4 is 0 Å². The van der Waals surface area contributed by atoms with Crippen LogP contribution in [0.3, 0.4) is 0 Å². The van der Waals surface area contributed by atoms with Crippen molar-refractivity contribution in [3.63, 3.8) is 0 Å². The molecule has 0 bridgehead atoms. The molecule has 25 heavy (non-hydrogen) atoms. The highest BCUT2D eigenvalue weighted by Gasteiger charge is 2.19. The summed E-state index contributed by atoms with van der Waals surface area (Å²) in [6.45, 7) is 5.50. The first-order chi connectivity index (χ1) is 12.1. The second-order valence-electron chi connectivity index (χ2n) is 7.16. The molecule has 134 valence electrons. The predicted octanol–water partition coefficient (Wildman–Crippen LogP) is 4.81. The van der Waals surface area contributed by atoms with Crippen LogP contribution in [0.15, 0.2) is 42.5 Å². The minimum Gasteiger partial charge on any atom is -0.493 e. The molecule has 2 aromatic carbocycles. The van der Waals surface area contributed by atoms with Gasteiger partial charge in [-0.05, 0) is 86.4 Å². The molecule has 0 amide bonds. The maximum Gasteiger partial charge on any atom is 0.120 e. The van der Waals surface area contributed by atoms with Gasteiger partial charge in [0, 0.05) is 0 Å². The fraction of sp³-hybridized carbons (Fsp3) is 0.455. The van der Waals surface area contributed by atoms with Crippen molar-refractivity contribution in [1.29, 1.82) is 0 Å². The van der Waals surface area contributed by atoms with Gasteiger partial charge in [0.05, 0.1) is 12.7 Å². The summed E-state index contributed by atoms with van der Waals surface area (Å²) in [6.07, 6.45) is 3.82. The fourth-order valence-electron chi connectivity index (χ4n) is 3.18. The minimum absolute atomic E-state index is 0.104. The maximum atomic E-state index is 9.55. The molecule has 0 heterocycles. The quantitative estimate of drug-likeness (QED) is 0.820. The van der Waals surface area contributed by atoms with Crippen LogP contribution in [-0.2, 0) is 6.61 Å². The average Bonchev–Trinajstić information content (AvgIpc) is 2.63. The Morgan fingerprint density at radius 1 is 0.840 bits per heavy atom. The number of aryl methyl sites for hydroxylation is 2. The molecule has 3 rings (SSSR count). The van der Waals surface area contributed by atoms with Gasteiger partial charge in [-0.3, -0.25) is 0 Å². The fourth-order valence-corrected chi connectivity index (χ4v) is 3.18. The monoisotopic (exact) mass is 340 g/mol. The lowest BCUT2D eigenvalue weighted by Crippen LogP contribution is -2.22. The molecular weight excluding hydrogens is 312 g/mol. The third-order valence-electron chi connectivity index (χ3n) is 5.11. The zero-order chi connectivity index (χ0) is 17.6. The number of benzene rings is 2.